The average Bonchev–Trinajstić information content (AvgIpc) is 3.09. The molecule has 3 rings (SSSR count). The Morgan fingerprint density at radius 2 is 1.83 bits per heavy atom. The van der Waals surface area contributed by atoms with Gasteiger partial charge in [0.1, 0.15) is 6.04 Å². The molecule has 2 aromatic carbocycles. The fourth-order valence-electron chi connectivity index (χ4n) is 3.60. The molecule has 0 unspecified atom stereocenters. The highest BCUT2D eigenvalue weighted by atomic mass is 32.2. The number of ether oxygens (including phenoxy) is 1. The van der Waals surface area contributed by atoms with Crippen molar-refractivity contribution in [3.05, 3.63) is 65.9 Å². The largest absolute Gasteiger partial charge is 0.465 e. The van der Waals surface area contributed by atoms with Crippen LogP contribution in [0.5, 0.6) is 0 Å². The van der Waals surface area contributed by atoms with E-state index in [0.717, 1.165) is 16.1 Å². The van der Waals surface area contributed by atoms with Crippen molar-refractivity contribution in [1.29, 1.82) is 0 Å². The quantitative estimate of drug-likeness (QED) is 0.560. The Hall–Kier alpha value is -3.13. The molecule has 1 heterocycles. The van der Waals surface area contributed by atoms with Crippen LogP contribution in [-0.2, 0) is 14.8 Å². The zero-order chi connectivity index (χ0) is 22.1. The van der Waals surface area contributed by atoms with Gasteiger partial charge in [-0.15, -0.1) is 0 Å². The summed E-state index contributed by atoms with van der Waals surface area (Å²) in [6.07, 6.45) is 2.75. The number of hydrogen-bond acceptors (Lipinski definition) is 5. The molecule has 0 aliphatic carbocycles. The number of aryl methyl sites for hydroxylation is 1. The van der Waals surface area contributed by atoms with Crippen LogP contribution in [-0.4, -0.2) is 44.3 Å². The molecular weight excluding hydrogens is 404 g/mol. The van der Waals surface area contributed by atoms with E-state index >= 15 is 0 Å². The molecule has 30 heavy (non-hydrogen) atoms. The minimum atomic E-state index is -3.76. The van der Waals surface area contributed by atoms with E-state index in [0.29, 0.717) is 16.6 Å². The van der Waals surface area contributed by atoms with E-state index in [-0.39, 0.29) is 12.0 Å². The molecule has 0 aliphatic heterocycles. The lowest BCUT2D eigenvalue weighted by Crippen LogP contribution is -2.46. The van der Waals surface area contributed by atoms with Gasteiger partial charge in [-0.2, -0.15) is 0 Å². The van der Waals surface area contributed by atoms with Crippen molar-refractivity contribution < 1.29 is 22.7 Å². The second-order valence-corrected chi connectivity index (χ2v) is 8.94. The molecule has 8 heteroatoms. The van der Waals surface area contributed by atoms with Crippen molar-refractivity contribution in [3.63, 3.8) is 0 Å². The van der Waals surface area contributed by atoms with Crippen LogP contribution in [0.2, 0.25) is 0 Å². The Morgan fingerprint density at radius 1 is 1.13 bits per heavy atom. The van der Waals surface area contributed by atoms with Gasteiger partial charge in [-0.3, -0.25) is 13.7 Å². The van der Waals surface area contributed by atoms with Gasteiger partial charge in [0.25, 0.3) is 5.91 Å². The van der Waals surface area contributed by atoms with Crippen molar-refractivity contribution >= 4 is 38.5 Å². The summed E-state index contributed by atoms with van der Waals surface area (Å²) in [6, 6.07) is 13.0. The SMILES string of the molecule is CC[C@H](C(=O)n1cc(C(=O)OC)c2ccccc21)N(c1cccc(C)c1)S(C)(=O)=O. The summed E-state index contributed by atoms with van der Waals surface area (Å²) in [4.78, 5) is 25.8. The number of rotatable bonds is 6. The van der Waals surface area contributed by atoms with Crippen molar-refractivity contribution in [2.45, 2.75) is 26.3 Å². The van der Waals surface area contributed by atoms with Crippen LogP contribution >= 0.6 is 0 Å². The Morgan fingerprint density at radius 3 is 2.43 bits per heavy atom. The van der Waals surface area contributed by atoms with Gasteiger partial charge >= 0.3 is 5.97 Å². The first kappa shape index (κ1) is 21.6. The van der Waals surface area contributed by atoms with E-state index in [9.17, 15) is 18.0 Å². The summed E-state index contributed by atoms with van der Waals surface area (Å²) >= 11 is 0. The number of hydrogen-bond donors (Lipinski definition) is 0. The molecule has 0 saturated carbocycles. The van der Waals surface area contributed by atoms with Gasteiger partial charge in [0.15, 0.2) is 0 Å². The summed E-state index contributed by atoms with van der Waals surface area (Å²) < 4.78 is 32.7. The lowest BCUT2D eigenvalue weighted by atomic mass is 10.1. The molecule has 0 fully saturated rings. The minimum Gasteiger partial charge on any atom is -0.465 e. The number of esters is 1. The number of methoxy groups -OCH3 is 1. The third-order valence-electron chi connectivity index (χ3n) is 4.92. The van der Waals surface area contributed by atoms with Crippen LogP contribution in [0.15, 0.2) is 54.7 Å². The van der Waals surface area contributed by atoms with Crippen LogP contribution in [0.25, 0.3) is 10.9 Å². The van der Waals surface area contributed by atoms with Gasteiger partial charge in [-0.05, 0) is 37.1 Å². The van der Waals surface area contributed by atoms with Crippen LogP contribution in [0, 0.1) is 6.92 Å². The topological polar surface area (TPSA) is 85.7 Å². The second kappa shape index (κ2) is 8.31. The molecule has 7 nitrogen and oxygen atoms in total. The van der Waals surface area contributed by atoms with Crippen molar-refractivity contribution in [2.75, 3.05) is 17.7 Å². The number of nitrogens with zero attached hydrogens (tertiary/aromatic N) is 2. The number of fused-ring (bicyclic) bond motifs is 1. The molecule has 0 radical (unpaired) electrons. The number of benzene rings is 2. The molecular formula is C22H24N2O5S. The summed E-state index contributed by atoms with van der Waals surface area (Å²) in [5.41, 5.74) is 2.06. The normalized spacial score (nSPS) is 12.5. The third-order valence-corrected chi connectivity index (χ3v) is 6.10. The number of anilines is 1. The highest BCUT2D eigenvalue weighted by Gasteiger charge is 2.33. The maximum absolute atomic E-state index is 13.6. The third kappa shape index (κ3) is 3.95. The average molecular weight is 429 g/mol. The van der Waals surface area contributed by atoms with Gasteiger partial charge in [-0.25, -0.2) is 13.2 Å². The molecule has 0 aliphatic rings. The summed E-state index contributed by atoms with van der Waals surface area (Å²) in [6.45, 7) is 3.61. The molecule has 3 aromatic rings. The summed E-state index contributed by atoms with van der Waals surface area (Å²) in [7, 11) is -2.49. The van der Waals surface area contributed by atoms with E-state index in [1.807, 2.05) is 13.0 Å². The number of carbonyl (C=O) groups excluding carboxylic acids is 2. The van der Waals surface area contributed by atoms with Crippen LogP contribution < -0.4 is 4.31 Å². The van der Waals surface area contributed by atoms with Gasteiger partial charge in [0.2, 0.25) is 10.0 Å². The van der Waals surface area contributed by atoms with Crippen LogP contribution in [0.3, 0.4) is 0 Å². The van der Waals surface area contributed by atoms with Gasteiger partial charge < -0.3 is 4.74 Å². The Kier molecular flexibility index (Phi) is 5.98. The number of carbonyl (C=O) groups is 2. The molecule has 158 valence electrons. The first-order valence-corrected chi connectivity index (χ1v) is 11.3. The fraction of sp³-hybridized carbons (Fsp3) is 0.273. The van der Waals surface area contributed by atoms with E-state index < -0.39 is 27.9 Å². The number of aromatic nitrogens is 1. The number of para-hydroxylation sites is 1. The first-order chi connectivity index (χ1) is 14.2. The Balaban J connectivity index is 2.17. The number of sulfonamides is 1. The van der Waals surface area contributed by atoms with E-state index in [4.69, 9.17) is 4.74 Å². The van der Waals surface area contributed by atoms with Gasteiger partial charge in [-0.1, -0.05) is 37.3 Å². The monoisotopic (exact) mass is 428 g/mol. The van der Waals surface area contributed by atoms with E-state index in [2.05, 4.69) is 0 Å². The summed E-state index contributed by atoms with van der Waals surface area (Å²) in [5, 5.41) is 0.564. The van der Waals surface area contributed by atoms with Crippen LogP contribution in [0.1, 0.15) is 34.1 Å². The molecule has 1 atom stereocenters. The smallest absolute Gasteiger partial charge is 0.340 e. The van der Waals surface area contributed by atoms with Gasteiger partial charge in [0.05, 0.1) is 30.1 Å². The Bertz CT molecular complexity index is 1210. The van der Waals surface area contributed by atoms with Crippen LogP contribution in [0.4, 0.5) is 5.69 Å². The van der Waals surface area contributed by atoms with Crippen molar-refractivity contribution in [2.24, 2.45) is 0 Å². The molecule has 0 bridgehead atoms. The zero-order valence-corrected chi connectivity index (χ0v) is 18.1. The predicted octanol–water partition coefficient (Wildman–Crippen LogP) is 3.62. The maximum Gasteiger partial charge on any atom is 0.340 e. The van der Waals surface area contributed by atoms with Crippen molar-refractivity contribution in [3.8, 4) is 0 Å². The molecule has 0 spiro atoms. The predicted molar refractivity (Wildman–Crippen MR) is 116 cm³/mol. The summed E-state index contributed by atoms with van der Waals surface area (Å²) in [5.74, 6) is -1.01. The lowest BCUT2D eigenvalue weighted by molar-refractivity contribution is 0.0603. The van der Waals surface area contributed by atoms with Crippen molar-refractivity contribution in [1.82, 2.24) is 4.57 Å². The zero-order valence-electron chi connectivity index (χ0n) is 17.3. The standard InChI is InChI=1S/C22H24N2O5S/c1-5-19(24(30(4,27)28)16-10-8-9-15(2)13-16)21(25)23-14-18(22(26)29-3)17-11-6-7-12-20(17)23/h6-14,19H,5H2,1-4H3/t19-/m1/s1. The molecule has 0 amide bonds. The fourth-order valence-corrected chi connectivity index (χ4v) is 4.80. The van der Waals surface area contributed by atoms with Gasteiger partial charge in [0, 0.05) is 11.6 Å². The molecule has 0 saturated heterocycles. The lowest BCUT2D eigenvalue weighted by Gasteiger charge is -2.30. The highest BCUT2D eigenvalue weighted by Crippen LogP contribution is 2.27. The molecule has 0 N–H and O–H groups in total. The first-order valence-electron chi connectivity index (χ1n) is 9.47. The highest BCUT2D eigenvalue weighted by molar-refractivity contribution is 7.92. The van der Waals surface area contributed by atoms with E-state index in [1.165, 1.54) is 17.9 Å². The maximum atomic E-state index is 13.6. The minimum absolute atomic E-state index is 0.248. The second-order valence-electron chi connectivity index (χ2n) is 7.08. The Labute approximate surface area is 175 Å². The van der Waals surface area contributed by atoms with E-state index in [1.54, 1.807) is 49.4 Å². The molecule has 1 aromatic heterocycles.